The van der Waals surface area contributed by atoms with Crippen molar-refractivity contribution in [3.8, 4) is 0 Å². The standard InChI is InChI=1S/C16H28O/c1-10-14-8-12(16(10,2)3)9-15(14)11-5-4-6-13(17)7-11/h10-15,17H,4-9H2,1-3H3/t10-,11+,12+,13+,14+,15+/m1/s1. The van der Waals surface area contributed by atoms with Crippen LogP contribution in [-0.4, -0.2) is 11.2 Å². The molecule has 0 unspecified atom stereocenters. The minimum Gasteiger partial charge on any atom is -0.393 e. The summed E-state index contributed by atoms with van der Waals surface area (Å²) >= 11 is 0. The molecule has 0 spiro atoms. The van der Waals surface area contributed by atoms with E-state index in [-0.39, 0.29) is 6.10 Å². The highest BCUT2D eigenvalue weighted by molar-refractivity contribution is 5.05. The molecule has 0 aromatic heterocycles. The Morgan fingerprint density at radius 3 is 2.29 bits per heavy atom. The van der Waals surface area contributed by atoms with E-state index < -0.39 is 0 Å². The van der Waals surface area contributed by atoms with E-state index in [0.29, 0.717) is 5.41 Å². The van der Waals surface area contributed by atoms with Crippen LogP contribution in [-0.2, 0) is 0 Å². The van der Waals surface area contributed by atoms with E-state index in [9.17, 15) is 5.11 Å². The fourth-order valence-corrected chi connectivity index (χ4v) is 5.34. The van der Waals surface area contributed by atoms with Crippen molar-refractivity contribution >= 4 is 0 Å². The molecule has 3 aliphatic rings. The zero-order valence-electron chi connectivity index (χ0n) is 11.7. The van der Waals surface area contributed by atoms with Crippen molar-refractivity contribution in [1.82, 2.24) is 0 Å². The van der Waals surface area contributed by atoms with Gasteiger partial charge in [-0.1, -0.05) is 27.2 Å². The second kappa shape index (κ2) is 3.98. The number of aliphatic hydroxyl groups is 1. The quantitative estimate of drug-likeness (QED) is 0.733. The second-order valence-electron chi connectivity index (χ2n) is 7.69. The van der Waals surface area contributed by atoms with E-state index in [4.69, 9.17) is 0 Å². The molecule has 2 bridgehead atoms. The first-order chi connectivity index (χ1) is 8.00. The first-order valence-corrected chi connectivity index (χ1v) is 7.68. The van der Waals surface area contributed by atoms with Crippen molar-refractivity contribution in [2.24, 2.45) is 35.0 Å². The predicted octanol–water partition coefficient (Wildman–Crippen LogP) is 3.86. The van der Waals surface area contributed by atoms with Crippen LogP contribution in [0.25, 0.3) is 0 Å². The third kappa shape index (κ3) is 1.77. The van der Waals surface area contributed by atoms with E-state index in [0.717, 1.165) is 42.4 Å². The minimum absolute atomic E-state index is 0.0104. The summed E-state index contributed by atoms with van der Waals surface area (Å²) < 4.78 is 0. The summed E-state index contributed by atoms with van der Waals surface area (Å²) in [6.45, 7) is 7.44. The summed E-state index contributed by atoms with van der Waals surface area (Å²) in [6.07, 6.45) is 7.75. The molecule has 0 radical (unpaired) electrons. The van der Waals surface area contributed by atoms with E-state index in [1.807, 2.05) is 0 Å². The fraction of sp³-hybridized carbons (Fsp3) is 1.00. The molecule has 3 saturated carbocycles. The highest BCUT2D eigenvalue weighted by Crippen LogP contribution is 2.63. The van der Waals surface area contributed by atoms with Gasteiger partial charge >= 0.3 is 0 Å². The predicted molar refractivity (Wildman–Crippen MR) is 70.6 cm³/mol. The second-order valence-corrected chi connectivity index (χ2v) is 7.69. The van der Waals surface area contributed by atoms with Crippen molar-refractivity contribution < 1.29 is 5.11 Å². The smallest absolute Gasteiger partial charge is 0.0543 e. The molecule has 17 heavy (non-hydrogen) atoms. The van der Waals surface area contributed by atoms with Gasteiger partial charge in [-0.3, -0.25) is 0 Å². The molecular weight excluding hydrogens is 208 g/mol. The van der Waals surface area contributed by atoms with Gasteiger partial charge in [0.05, 0.1) is 6.10 Å². The number of rotatable bonds is 1. The Balaban J connectivity index is 1.72. The first-order valence-electron chi connectivity index (χ1n) is 7.68. The van der Waals surface area contributed by atoms with Crippen LogP contribution >= 0.6 is 0 Å². The summed E-state index contributed by atoms with van der Waals surface area (Å²) in [4.78, 5) is 0. The highest BCUT2D eigenvalue weighted by atomic mass is 16.3. The van der Waals surface area contributed by atoms with Gasteiger partial charge in [0.25, 0.3) is 0 Å². The van der Waals surface area contributed by atoms with E-state index in [2.05, 4.69) is 20.8 Å². The topological polar surface area (TPSA) is 20.2 Å². The van der Waals surface area contributed by atoms with Crippen LogP contribution in [0.1, 0.15) is 59.3 Å². The summed E-state index contributed by atoms with van der Waals surface area (Å²) in [6, 6.07) is 0. The highest BCUT2D eigenvalue weighted by Gasteiger charge is 2.56. The summed E-state index contributed by atoms with van der Waals surface area (Å²) in [7, 11) is 0. The van der Waals surface area contributed by atoms with Gasteiger partial charge in [-0.05, 0) is 67.1 Å². The maximum Gasteiger partial charge on any atom is 0.0543 e. The van der Waals surface area contributed by atoms with Crippen LogP contribution in [0, 0.1) is 35.0 Å². The molecule has 0 aliphatic heterocycles. The van der Waals surface area contributed by atoms with Crippen molar-refractivity contribution in [3.05, 3.63) is 0 Å². The normalized spacial score (nSPS) is 52.9. The van der Waals surface area contributed by atoms with Crippen LogP contribution in [0.3, 0.4) is 0 Å². The van der Waals surface area contributed by atoms with E-state index in [1.165, 1.54) is 25.7 Å². The van der Waals surface area contributed by atoms with Crippen LogP contribution < -0.4 is 0 Å². The Bertz CT molecular complexity index is 292. The molecule has 3 aliphatic carbocycles. The zero-order chi connectivity index (χ0) is 12.2. The Morgan fingerprint density at radius 1 is 1.00 bits per heavy atom. The zero-order valence-corrected chi connectivity index (χ0v) is 11.7. The Morgan fingerprint density at radius 2 is 1.71 bits per heavy atom. The lowest BCUT2D eigenvalue weighted by atomic mass is 9.62. The molecule has 3 rings (SSSR count). The molecular formula is C16H28O. The van der Waals surface area contributed by atoms with Gasteiger partial charge in [0.15, 0.2) is 0 Å². The van der Waals surface area contributed by atoms with Gasteiger partial charge in [0.2, 0.25) is 0 Å². The van der Waals surface area contributed by atoms with Gasteiger partial charge in [-0.2, -0.15) is 0 Å². The largest absolute Gasteiger partial charge is 0.393 e. The van der Waals surface area contributed by atoms with Crippen molar-refractivity contribution in [2.45, 2.75) is 65.4 Å². The average molecular weight is 236 g/mol. The maximum absolute atomic E-state index is 9.88. The molecule has 0 aromatic carbocycles. The van der Waals surface area contributed by atoms with Crippen LogP contribution in [0.2, 0.25) is 0 Å². The molecule has 1 heteroatoms. The van der Waals surface area contributed by atoms with Gasteiger partial charge < -0.3 is 5.11 Å². The molecule has 1 nitrogen and oxygen atoms in total. The van der Waals surface area contributed by atoms with Crippen molar-refractivity contribution in [2.75, 3.05) is 0 Å². The van der Waals surface area contributed by atoms with Crippen LogP contribution in [0.4, 0.5) is 0 Å². The average Bonchev–Trinajstić information content (AvgIpc) is 2.79. The van der Waals surface area contributed by atoms with E-state index >= 15 is 0 Å². The molecule has 98 valence electrons. The number of aliphatic hydroxyl groups excluding tert-OH is 1. The van der Waals surface area contributed by atoms with E-state index in [1.54, 1.807) is 0 Å². The van der Waals surface area contributed by atoms with Gasteiger partial charge in [-0.15, -0.1) is 0 Å². The van der Waals surface area contributed by atoms with Crippen molar-refractivity contribution in [1.29, 1.82) is 0 Å². The van der Waals surface area contributed by atoms with Gasteiger partial charge in [-0.25, -0.2) is 0 Å². The SMILES string of the molecule is C[C@@H]1[C@@H]2C[C@@H](C[C@H]2[C@H]2CCC[C@H](O)C2)C1(C)C. The Labute approximate surface area is 106 Å². The molecule has 0 aromatic rings. The lowest BCUT2D eigenvalue weighted by molar-refractivity contribution is 0.0247. The van der Waals surface area contributed by atoms with Crippen LogP contribution in [0.5, 0.6) is 0 Å². The lowest BCUT2D eigenvalue weighted by Gasteiger charge is -2.44. The third-order valence-electron chi connectivity index (χ3n) is 6.82. The van der Waals surface area contributed by atoms with Gasteiger partial charge in [0, 0.05) is 0 Å². The molecule has 0 saturated heterocycles. The fourth-order valence-electron chi connectivity index (χ4n) is 5.34. The summed E-state index contributed by atoms with van der Waals surface area (Å²) in [5, 5.41) is 9.88. The monoisotopic (exact) mass is 236 g/mol. The molecule has 1 N–H and O–H groups in total. The van der Waals surface area contributed by atoms with Crippen LogP contribution in [0.15, 0.2) is 0 Å². The third-order valence-corrected chi connectivity index (χ3v) is 6.82. The lowest BCUT2D eigenvalue weighted by Crippen LogP contribution is -2.37. The Kier molecular flexibility index (Phi) is 2.81. The maximum atomic E-state index is 9.88. The molecule has 0 heterocycles. The first kappa shape index (κ1) is 12.0. The summed E-state index contributed by atoms with van der Waals surface area (Å²) in [5.74, 6) is 4.60. The Hall–Kier alpha value is -0.0400. The van der Waals surface area contributed by atoms with Crippen molar-refractivity contribution in [3.63, 3.8) is 0 Å². The number of hydrogen-bond donors (Lipinski definition) is 1. The minimum atomic E-state index is 0.0104. The molecule has 6 atom stereocenters. The molecule has 3 fully saturated rings. The van der Waals surface area contributed by atoms with Gasteiger partial charge in [0.1, 0.15) is 0 Å². The number of hydrogen-bond acceptors (Lipinski definition) is 1. The number of fused-ring (bicyclic) bond motifs is 2. The summed E-state index contributed by atoms with van der Waals surface area (Å²) in [5.41, 5.74) is 0.578. The molecule has 0 amide bonds.